The largest absolute Gasteiger partial charge is 0.444 e. The number of tetrazole rings is 1. The molecule has 1 aliphatic rings. The molecule has 288 valence electrons. The molecule has 0 radical (unpaired) electrons. The number of ether oxygens (including phenoxy) is 1. The third kappa shape index (κ3) is 10.3. The lowest BCUT2D eigenvalue weighted by Crippen LogP contribution is -2.48. The summed E-state index contributed by atoms with van der Waals surface area (Å²) >= 11 is 0. The maximum Gasteiger partial charge on any atom is 0.407 e. The average Bonchev–Trinajstić information content (AvgIpc) is 3.65. The van der Waals surface area contributed by atoms with Gasteiger partial charge in [0.2, 0.25) is 27.7 Å². The summed E-state index contributed by atoms with van der Waals surface area (Å²) in [6, 6.07) is 15.6. The van der Waals surface area contributed by atoms with Crippen LogP contribution in [0.25, 0.3) is 22.5 Å². The van der Waals surface area contributed by atoms with Gasteiger partial charge in [-0.05, 0) is 117 Å². The van der Waals surface area contributed by atoms with Crippen molar-refractivity contribution in [1.29, 1.82) is 0 Å². The fourth-order valence-electron chi connectivity index (χ4n) is 6.34. The summed E-state index contributed by atoms with van der Waals surface area (Å²) in [7, 11) is -0.616. The first-order valence-corrected chi connectivity index (χ1v) is 19.2. The minimum atomic E-state index is -3.59. The molecule has 16 heteroatoms. The number of H-pyrrole nitrogens is 1. The van der Waals surface area contributed by atoms with Crippen LogP contribution < -0.4 is 16.0 Å². The van der Waals surface area contributed by atoms with Crippen molar-refractivity contribution in [3.05, 3.63) is 77.6 Å². The van der Waals surface area contributed by atoms with Crippen molar-refractivity contribution < 1.29 is 31.9 Å². The molecule has 54 heavy (non-hydrogen) atoms. The number of nitrogens with zero attached hydrogens (tertiary/aromatic N) is 4. The molecule has 0 saturated heterocycles. The Morgan fingerprint density at radius 1 is 0.981 bits per heavy atom. The highest BCUT2D eigenvalue weighted by atomic mass is 32.2. The van der Waals surface area contributed by atoms with Gasteiger partial charge >= 0.3 is 6.09 Å². The van der Waals surface area contributed by atoms with Crippen molar-refractivity contribution in [2.24, 2.45) is 11.8 Å². The molecular formula is C38H47FN8O6S. The lowest BCUT2D eigenvalue weighted by atomic mass is 9.81. The Balaban J connectivity index is 1.29. The molecule has 0 unspecified atom stereocenters. The van der Waals surface area contributed by atoms with Crippen LogP contribution in [0.3, 0.4) is 0 Å². The monoisotopic (exact) mass is 762 g/mol. The van der Waals surface area contributed by atoms with Crippen LogP contribution in [0.1, 0.15) is 57.6 Å². The molecule has 1 atom stereocenters. The first-order chi connectivity index (χ1) is 25.5. The maximum absolute atomic E-state index is 15.0. The number of aromatic amines is 1. The number of rotatable bonds is 12. The van der Waals surface area contributed by atoms with Crippen LogP contribution in [0.4, 0.5) is 14.9 Å². The molecule has 4 N–H and O–H groups in total. The number of amides is 3. The average molecular weight is 763 g/mol. The fraction of sp³-hybridized carbons (Fsp3) is 0.421. The number of aromatic nitrogens is 4. The number of benzene rings is 3. The minimum Gasteiger partial charge on any atom is -0.444 e. The number of hydrogen-bond acceptors (Lipinski definition) is 9. The van der Waals surface area contributed by atoms with Gasteiger partial charge in [-0.25, -0.2) is 21.9 Å². The lowest BCUT2D eigenvalue weighted by molar-refractivity contribution is -0.130. The molecule has 1 heterocycles. The van der Waals surface area contributed by atoms with E-state index < -0.39 is 39.5 Å². The smallest absolute Gasteiger partial charge is 0.407 e. The molecule has 14 nitrogen and oxygen atoms in total. The van der Waals surface area contributed by atoms with E-state index in [0.717, 1.165) is 41.2 Å². The predicted molar refractivity (Wildman–Crippen MR) is 201 cm³/mol. The number of carbonyl (C=O) groups excluding carboxylic acids is 3. The van der Waals surface area contributed by atoms with Crippen molar-refractivity contribution in [1.82, 2.24) is 35.6 Å². The Morgan fingerprint density at radius 3 is 2.26 bits per heavy atom. The Kier molecular flexibility index (Phi) is 12.5. The topological polar surface area (TPSA) is 188 Å². The predicted octanol–water partition coefficient (Wildman–Crippen LogP) is 5.23. The van der Waals surface area contributed by atoms with Crippen LogP contribution in [0, 0.1) is 24.6 Å². The third-order valence-electron chi connectivity index (χ3n) is 9.29. The number of aryl methyl sites for hydroxylation is 1. The van der Waals surface area contributed by atoms with Gasteiger partial charge in [0, 0.05) is 38.7 Å². The number of alkyl carbamates (subject to hydrolysis) is 1. The number of hydrogen-bond donors (Lipinski definition) is 4. The van der Waals surface area contributed by atoms with E-state index >= 15 is 0 Å². The number of anilines is 1. The van der Waals surface area contributed by atoms with Gasteiger partial charge in [-0.1, -0.05) is 30.3 Å². The van der Waals surface area contributed by atoms with Crippen LogP contribution in [-0.4, -0.2) is 83.5 Å². The Morgan fingerprint density at radius 2 is 1.67 bits per heavy atom. The normalized spacial score (nSPS) is 16.7. The van der Waals surface area contributed by atoms with Gasteiger partial charge < -0.3 is 20.7 Å². The lowest BCUT2D eigenvalue weighted by Gasteiger charge is -2.29. The van der Waals surface area contributed by atoms with E-state index in [-0.39, 0.29) is 46.1 Å². The molecule has 0 bridgehead atoms. The van der Waals surface area contributed by atoms with Gasteiger partial charge in [-0.15, -0.1) is 10.2 Å². The molecule has 0 spiro atoms. The van der Waals surface area contributed by atoms with E-state index in [4.69, 9.17) is 4.74 Å². The molecule has 0 aliphatic heterocycles. The summed E-state index contributed by atoms with van der Waals surface area (Å²) < 4.78 is 46.7. The van der Waals surface area contributed by atoms with E-state index in [1.807, 2.05) is 31.2 Å². The van der Waals surface area contributed by atoms with Crippen LogP contribution in [0.2, 0.25) is 0 Å². The third-order valence-corrected chi connectivity index (χ3v) is 11.1. The van der Waals surface area contributed by atoms with E-state index in [1.165, 1.54) is 30.5 Å². The summed E-state index contributed by atoms with van der Waals surface area (Å²) in [6.07, 6.45) is 2.30. The Bertz CT molecular complexity index is 2060. The molecule has 1 fully saturated rings. The van der Waals surface area contributed by atoms with E-state index in [1.54, 1.807) is 39.0 Å². The van der Waals surface area contributed by atoms with Crippen molar-refractivity contribution in [2.75, 3.05) is 26.0 Å². The highest BCUT2D eigenvalue weighted by molar-refractivity contribution is 7.89. The van der Waals surface area contributed by atoms with Crippen LogP contribution >= 0.6 is 0 Å². The van der Waals surface area contributed by atoms with E-state index in [9.17, 15) is 27.2 Å². The summed E-state index contributed by atoms with van der Waals surface area (Å²) in [5.74, 6) is -1.50. The summed E-state index contributed by atoms with van der Waals surface area (Å²) in [5, 5.41) is 21.9. The van der Waals surface area contributed by atoms with Crippen LogP contribution in [-0.2, 0) is 30.8 Å². The molecule has 3 aromatic carbocycles. The quantitative estimate of drug-likeness (QED) is 0.150. The van der Waals surface area contributed by atoms with Crippen molar-refractivity contribution in [3.8, 4) is 22.5 Å². The zero-order valence-corrected chi connectivity index (χ0v) is 32.1. The van der Waals surface area contributed by atoms with Gasteiger partial charge in [-0.3, -0.25) is 9.59 Å². The molecule has 4 aromatic rings. The second-order valence-electron chi connectivity index (χ2n) is 14.7. The highest BCUT2D eigenvalue weighted by Crippen LogP contribution is 2.30. The van der Waals surface area contributed by atoms with Crippen molar-refractivity contribution >= 4 is 33.6 Å². The number of sulfonamides is 1. The van der Waals surface area contributed by atoms with Crippen molar-refractivity contribution in [3.63, 3.8) is 0 Å². The second-order valence-corrected chi connectivity index (χ2v) is 16.9. The zero-order chi connectivity index (χ0) is 39.2. The maximum atomic E-state index is 15.0. The van der Waals surface area contributed by atoms with Gasteiger partial charge in [0.1, 0.15) is 17.5 Å². The first-order valence-electron chi connectivity index (χ1n) is 17.7. The summed E-state index contributed by atoms with van der Waals surface area (Å²) in [4.78, 5) is 39.7. The van der Waals surface area contributed by atoms with Gasteiger partial charge in [-0.2, -0.15) is 5.21 Å². The standard InChI is InChI=1S/C38H47FN8O6S/c1-23-19-29(54(51,52)47(5)6)16-18-30(23)26-11-7-24(8-12-26)20-33(36(49)41-28-15-17-31(32(39)21-28)34-43-45-46-44-34)42-35(48)27-13-9-25(10-14-27)22-40-37(50)53-38(2,3)4/h7-8,11-12,15-19,21,25,27,33H,9-10,13-14,20,22H2,1-6H3,(H,40,50)(H,41,49)(H,42,48)(H,43,44,45,46)/t25?,27?,33-/m0/s1. The molecular weight excluding hydrogens is 716 g/mol. The molecule has 3 amide bonds. The number of carbonyl (C=O) groups is 3. The van der Waals surface area contributed by atoms with Crippen molar-refractivity contribution in [2.45, 2.75) is 76.3 Å². The SMILES string of the molecule is Cc1cc(S(=O)(=O)N(C)C)ccc1-c1ccc(C[C@H](NC(=O)C2CCC(CNC(=O)OC(C)(C)C)CC2)C(=O)Nc2ccc(-c3nn[nH]n3)c(F)c2)cc1. The molecule has 5 rings (SSSR count). The first kappa shape index (κ1) is 40.0. The molecule has 1 saturated carbocycles. The Labute approximate surface area is 314 Å². The highest BCUT2D eigenvalue weighted by Gasteiger charge is 2.30. The van der Waals surface area contributed by atoms with E-state index in [2.05, 4.69) is 36.6 Å². The van der Waals surface area contributed by atoms with Crippen LogP contribution in [0.5, 0.6) is 0 Å². The molecule has 1 aliphatic carbocycles. The Hall–Kier alpha value is -5.22. The van der Waals surface area contributed by atoms with Gasteiger partial charge in [0.05, 0.1) is 10.5 Å². The van der Waals surface area contributed by atoms with Gasteiger partial charge in [0.15, 0.2) is 0 Å². The molecule has 1 aromatic heterocycles. The zero-order valence-electron chi connectivity index (χ0n) is 31.3. The number of nitrogens with one attached hydrogen (secondary N) is 4. The van der Waals surface area contributed by atoms with Gasteiger partial charge in [0.25, 0.3) is 0 Å². The fourth-order valence-corrected chi connectivity index (χ4v) is 7.32. The summed E-state index contributed by atoms with van der Waals surface area (Å²) in [5.41, 5.74) is 2.94. The second kappa shape index (κ2) is 16.8. The minimum absolute atomic E-state index is 0.0686. The number of halogens is 1. The van der Waals surface area contributed by atoms with E-state index in [0.29, 0.717) is 19.4 Å². The summed E-state index contributed by atoms with van der Waals surface area (Å²) in [6.45, 7) is 7.70. The van der Waals surface area contributed by atoms with Crippen LogP contribution in [0.15, 0.2) is 65.6 Å².